The van der Waals surface area contributed by atoms with Gasteiger partial charge in [0.25, 0.3) is 0 Å². The molecule has 166 valence electrons. The zero-order valence-electron chi connectivity index (χ0n) is 18.5. The summed E-state index contributed by atoms with van der Waals surface area (Å²) in [6.45, 7) is 8.74. The van der Waals surface area contributed by atoms with Gasteiger partial charge in [-0.25, -0.2) is 4.79 Å². The van der Waals surface area contributed by atoms with Crippen LogP contribution in [0, 0.1) is 22.7 Å². The van der Waals surface area contributed by atoms with Gasteiger partial charge in [0.2, 0.25) is 5.75 Å². The van der Waals surface area contributed by atoms with Crippen LogP contribution in [0.25, 0.3) is 0 Å². The van der Waals surface area contributed by atoms with Crippen LogP contribution in [0.1, 0.15) is 61.9 Å². The Morgan fingerprint density at radius 2 is 1.97 bits per heavy atom. The van der Waals surface area contributed by atoms with E-state index >= 15 is 0 Å². The summed E-state index contributed by atoms with van der Waals surface area (Å²) in [7, 11) is 2.56. The van der Waals surface area contributed by atoms with Gasteiger partial charge in [-0.3, -0.25) is 0 Å². The highest BCUT2D eigenvalue weighted by Gasteiger charge is 2.56. The predicted molar refractivity (Wildman–Crippen MR) is 114 cm³/mol. The van der Waals surface area contributed by atoms with Crippen molar-refractivity contribution >= 4 is 5.97 Å². The van der Waals surface area contributed by atoms with E-state index in [1.54, 1.807) is 0 Å². The lowest BCUT2D eigenvalue weighted by molar-refractivity contribution is -0.0925. The average Bonchev–Trinajstić information content (AvgIpc) is 2.73. The molecular weight excluding hydrogens is 384 g/mol. The van der Waals surface area contributed by atoms with Gasteiger partial charge < -0.3 is 24.8 Å². The van der Waals surface area contributed by atoms with Gasteiger partial charge in [0, 0.05) is 12.0 Å². The highest BCUT2D eigenvalue weighted by Crippen LogP contribution is 2.62. The monoisotopic (exact) mass is 418 g/mol. The van der Waals surface area contributed by atoms with Gasteiger partial charge in [0.1, 0.15) is 5.56 Å². The van der Waals surface area contributed by atoms with Crippen molar-refractivity contribution in [1.82, 2.24) is 0 Å². The highest BCUT2D eigenvalue weighted by atomic mass is 16.5. The molecule has 0 radical (unpaired) electrons. The van der Waals surface area contributed by atoms with Gasteiger partial charge >= 0.3 is 5.97 Å². The fourth-order valence-corrected chi connectivity index (χ4v) is 6.05. The molecule has 2 fully saturated rings. The number of esters is 1. The first-order valence-electron chi connectivity index (χ1n) is 10.7. The first-order valence-corrected chi connectivity index (χ1v) is 10.7. The lowest BCUT2D eigenvalue weighted by Crippen LogP contribution is -2.54. The van der Waals surface area contributed by atoms with Crippen LogP contribution < -0.4 is 4.74 Å². The minimum Gasteiger partial charge on any atom is -0.504 e. The van der Waals surface area contributed by atoms with E-state index in [0.717, 1.165) is 32.1 Å². The number of aliphatic hydroxyl groups is 1. The molecule has 0 amide bonds. The fraction of sp³-hybridized carbons (Fsp3) is 0.625. The first-order chi connectivity index (χ1) is 14.2. The van der Waals surface area contributed by atoms with Crippen LogP contribution in [0.2, 0.25) is 0 Å². The van der Waals surface area contributed by atoms with Crippen molar-refractivity contribution in [3.63, 3.8) is 0 Å². The number of benzene rings is 1. The second-order valence-electron chi connectivity index (χ2n) is 9.28. The van der Waals surface area contributed by atoms with Gasteiger partial charge in [-0.05, 0) is 67.4 Å². The Balaban J connectivity index is 2.14. The van der Waals surface area contributed by atoms with E-state index in [1.165, 1.54) is 25.9 Å². The van der Waals surface area contributed by atoms with E-state index in [0.29, 0.717) is 12.0 Å². The summed E-state index contributed by atoms with van der Waals surface area (Å²) in [6.07, 6.45) is 5.38. The molecule has 3 N–H and O–H groups in total. The molecule has 1 aromatic rings. The van der Waals surface area contributed by atoms with E-state index in [4.69, 9.17) is 9.47 Å². The zero-order chi connectivity index (χ0) is 22.3. The van der Waals surface area contributed by atoms with Gasteiger partial charge in [-0.1, -0.05) is 26.0 Å². The zero-order valence-corrected chi connectivity index (χ0v) is 18.5. The highest BCUT2D eigenvalue weighted by molar-refractivity contribution is 5.94. The van der Waals surface area contributed by atoms with Crippen molar-refractivity contribution in [2.45, 2.75) is 52.4 Å². The Kier molecular flexibility index (Phi) is 6.10. The van der Waals surface area contributed by atoms with Crippen molar-refractivity contribution in [3.8, 4) is 17.2 Å². The number of aliphatic hydroxyl groups excluding tert-OH is 1. The summed E-state index contributed by atoms with van der Waals surface area (Å²) >= 11 is 0. The van der Waals surface area contributed by atoms with Crippen LogP contribution in [-0.2, 0) is 11.2 Å². The predicted octanol–water partition coefficient (Wildman–Crippen LogP) is 4.21. The first kappa shape index (κ1) is 22.5. The lowest BCUT2D eigenvalue weighted by Gasteiger charge is -2.59. The molecule has 2 aliphatic carbocycles. The number of rotatable bonds is 5. The molecule has 2 aliphatic rings. The van der Waals surface area contributed by atoms with Crippen LogP contribution in [0.3, 0.4) is 0 Å². The Morgan fingerprint density at radius 1 is 1.27 bits per heavy atom. The second kappa shape index (κ2) is 8.14. The number of allylic oxidation sites excluding steroid dienone is 1. The van der Waals surface area contributed by atoms with Gasteiger partial charge in [0.05, 0.1) is 14.2 Å². The molecule has 0 saturated heterocycles. The Labute approximate surface area is 178 Å². The number of aromatic hydroxyl groups is 2. The number of hydrogen-bond donors (Lipinski definition) is 3. The maximum absolute atomic E-state index is 12.2. The second-order valence-corrected chi connectivity index (χ2v) is 9.28. The molecule has 1 aromatic carbocycles. The number of hydrogen-bond acceptors (Lipinski definition) is 6. The van der Waals surface area contributed by atoms with Crippen LogP contribution in [0.15, 0.2) is 18.2 Å². The average molecular weight is 419 g/mol. The summed E-state index contributed by atoms with van der Waals surface area (Å²) in [5, 5.41) is 32.0. The number of fused-ring (bicyclic) bond motifs is 1. The topological polar surface area (TPSA) is 96.2 Å². The maximum atomic E-state index is 12.2. The van der Waals surface area contributed by atoms with Crippen molar-refractivity contribution in [1.29, 1.82) is 0 Å². The third kappa shape index (κ3) is 3.25. The van der Waals surface area contributed by atoms with Crippen LogP contribution >= 0.6 is 0 Å². The number of carbonyl (C=O) groups is 1. The summed E-state index contributed by atoms with van der Waals surface area (Å²) in [6, 6.07) is 1.47. The smallest absolute Gasteiger partial charge is 0.341 e. The molecule has 0 unspecified atom stereocenters. The summed E-state index contributed by atoms with van der Waals surface area (Å²) < 4.78 is 9.99. The Bertz CT molecular complexity index is 847. The molecule has 0 aliphatic heterocycles. The van der Waals surface area contributed by atoms with Crippen molar-refractivity contribution < 1.29 is 29.6 Å². The number of methoxy groups -OCH3 is 2. The number of phenolic OH excluding ortho intramolecular Hbond substituents is 2. The third-order valence-electron chi connectivity index (χ3n) is 8.05. The molecule has 30 heavy (non-hydrogen) atoms. The quantitative estimate of drug-likeness (QED) is 0.490. The van der Waals surface area contributed by atoms with Gasteiger partial charge in [-0.2, -0.15) is 0 Å². The minimum absolute atomic E-state index is 0.0299. The van der Waals surface area contributed by atoms with E-state index in [9.17, 15) is 20.1 Å². The van der Waals surface area contributed by atoms with E-state index in [2.05, 4.69) is 20.4 Å². The molecular formula is C24H34O6. The number of carbonyl (C=O) groups excluding carboxylic acids is 1. The molecule has 0 heterocycles. The van der Waals surface area contributed by atoms with Crippen molar-refractivity contribution in [2.75, 3.05) is 20.8 Å². The molecule has 2 saturated carbocycles. The normalized spacial score (nSPS) is 31.2. The molecule has 6 heteroatoms. The van der Waals surface area contributed by atoms with E-state index in [-0.39, 0.29) is 40.9 Å². The molecule has 6 nitrogen and oxygen atoms in total. The minimum atomic E-state index is -0.710. The third-order valence-corrected chi connectivity index (χ3v) is 8.05. The molecule has 4 atom stereocenters. The number of phenols is 2. The van der Waals surface area contributed by atoms with Crippen LogP contribution in [0.4, 0.5) is 0 Å². The van der Waals surface area contributed by atoms with E-state index < -0.39 is 17.1 Å². The van der Waals surface area contributed by atoms with Crippen LogP contribution in [0.5, 0.6) is 17.2 Å². The molecule has 3 rings (SSSR count). The van der Waals surface area contributed by atoms with Gasteiger partial charge in [-0.15, -0.1) is 0 Å². The SMILES string of the molecule is C=C1CCC[C@@H]2[C@@](CO)(Cc3cc(C(=O)OC)c(O)c(OC)c3O)[C@H](C)CC[C@@]12C. The number of ether oxygens (including phenoxy) is 2. The van der Waals surface area contributed by atoms with E-state index in [1.807, 2.05) is 0 Å². The molecule has 0 aromatic heterocycles. The summed E-state index contributed by atoms with van der Waals surface area (Å²) in [5.41, 5.74) is 1.10. The summed E-state index contributed by atoms with van der Waals surface area (Å²) in [4.78, 5) is 12.2. The Morgan fingerprint density at radius 3 is 2.57 bits per heavy atom. The van der Waals surface area contributed by atoms with Crippen molar-refractivity contribution in [2.24, 2.45) is 22.7 Å². The van der Waals surface area contributed by atoms with Crippen LogP contribution in [-0.4, -0.2) is 42.1 Å². The van der Waals surface area contributed by atoms with Gasteiger partial charge in [0.15, 0.2) is 11.5 Å². The Hall–Kier alpha value is -2.21. The lowest BCUT2D eigenvalue weighted by atomic mass is 9.45. The summed E-state index contributed by atoms with van der Waals surface area (Å²) in [5.74, 6) is -1.09. The standard InChI is InChI=1S/C24H34O6/c1-14-7-6-8-18-23(14,3)10-9-15(2)24(18,13-25)12-16-11-17(22(28)30-5)20(27)21(29-4)19(16)26/h11,15,18,25-27H,1,6-10,12-13H2,2-5H3/t15-,18+,23+,24-/m1/s1. The van der Waals surface area contributed by atoms with Crippen molar-refractivity contribution in [3.05, 3.63) is 29.3 Å². The molecule has 0 spiro atoms. The maximum Gasteiger partial charge on any atom is 0.341 e. The largest absolute Gasteiger partial charge is 0.504 e. The fourth-order valence-electron chi connectivity index (χ4n) is 6.05. The molecule has 0 bridgehead atoms.